The lowest BCUT2D eigenvalue weighted by atomic mass is 10.2. The van der Waals surface area contributed by atoms with Gasteiger partial charge in [-0.05, 0) is 12.1 Å². The lowest BCUT2D eigenvalue weighted by Gasteiger charge is -2.07. The molecule has 0 unspecified atom stereocenters. The molecule has 0 atom stereocenters. The van der Waals surface area contributed by atoms with Crippen molar-refractivity contribution in [2.24, 2.45) is 0 Å². The lowest BCUT2D eigenvalue weighted by Crippen LogP contribution is -2.09. The Bertz CT molecular complexity index is 1010. The zero-order valence-corrected chi connectivity index (χ0v) is 12.7. The molecule has 0 amide bonds. The summed E-state index contributed by atoms with van der Waals surface area (Å²) in [5.74, 6) is -1.17. The van der Waals surface area contributed by atoms with Crippen molar-refractivity contribution in [3.8, 4) is 11.5 Å². The molecule has 8 nitrogen and oxygen atoms in total. The number of phenols is 1. The highest BCUT2D eigenvalue weighted by molar-refractivity contribution is 7.90. The van der Waals surface area contributed by atoms with E-state index in [9.17, 15) is 18.3 Å². The Morgan fingerprint density at radius 2 is 2.04 bits per heavy atom. The van der Waals surface area contributed by atoms with E-state index in [0.717, 1.165) is 12.3 Å². The van der Waals surface area contributed by atoms with Crippen LogP contribution in [0.15, 0.2) is 41.7 Å². The van der Waals surface area contributed by atoms with Gasteiger partial charge in [0.15, 0.2) is 9.84 Å². The van der Waals surface area contributed by atoms with Crippen LogP contribution in [0.1, 0.15) is 10.4 Å². The standard InChI is InChI=1S/C14H11N3O5S/c1-23(20,21)13-3-2-8(4-12(13)18)22-14(19)10-5-15-7-11-9(10)6-16-17-11/h2-7,18H,1H3,(H,16,17). The van der Waals surface area contributed by atoms with E-state index in [2.05, 4.69) is 15.2 Å². The van der Waals surface area contributed by atoms with Crippen molar-refractivity contribution in [1.29, 1.82) is 0 Å². The number of aromatic nitrogens is 3. The number of H-pyrrole nitrogens is 1. The Kier molecular flexibility index (Phi) is 3.49. The number of hydrogen-bond donors (Lipinski definition) is 2. The van der Waals surface area contributed by atoms with Gasteiger partial charge in [-0.1, -0.05) is 0 Å². The summed E-state index contributed by atoms with van der Waals surface area (Å²) in [5, 5.41) is 16.8. The van der Waals surface area contributed by atoms with Gasteiger partial charge in [-0.2, -0.15) is 5.10 Å². The van der Waals surface area contributed by atoms with Crippen molar-refractivity contribution in [3.05, 3.63) is 42.4 Å². The van der Waals surface area contributed by atoms with Crippen LogP contribution in [0.2, 0.25) is 0 Å². The first-order valence-electron chi connectivity index (χ1n) is 6.38. The molecule has 23 heavy (non-hydrogen) atoms. The topological polar surface area (TPSA) is 122 Å². The molecule has 2 N–H and O–H groups in total. The summed E-state index contributed by atoms with van der Waals surface area (Å²) in [6, 6.07) is 3.53. The molecule has 0 bridgehead atoms. The van der Waals surface area contributed by atoms with Crippen LogP contribution in [0.5, 0.6) is 11.5 Å². The number of carbonyl (C=O) groups is 1. The molecule has 118 valence electrons. The lowest BCUT2D eigenvalue weighted by molar-refractivity contribution is 0.0736. The largest absolute Gasteiger partial charge is 0.506 e. The summed E-state index contributed by atoms with van der Waals surface area (Å²) >= 11 is 0. The average Bonchev–Trinajstić information content (AvgIpc) is 2.94. The molecule has 0 saturated heterocycles. The Morgan fingerprint density at radius 3 is 2.74 bits per heavy atom. The van der Waals surface area contributed by atoms with Gasteiger partial charge in [0.1, 0.15) is 16.4 Å². The second kappa shape index (κ2) is 5.36. The fraction of sp³-hybridized carbons (Fsp3) is 0.0714. The Morgan fingerprint density at radius 1 is 1.26 bits per heavy atom. The SMILES string of the molecule is CS(=O)(=O)c1ccc(OC(=O)c2cncc3[nH]ncc23)cc1O. The predicted octanol–water partition coefficient (Wildman–Crippen LogP) is 1.29. The van der Waals surface area contributed by atoms with Gasteiger partial charge in [-0.15, -0.1) is 0 Å². The molecular formula is C14H11N3O5S. The summed E-state index contributed by atoms with van der Waals surface area (Å²) in [6.45, 7) is 0. The predicted molar refractivity (Wildman–Crippen MR) is 80.1 cm³/mol. The van der Waals surface area contributed by atoms with E-state index in [1.807, 2.05) is 0 Å². The third kappa shape index (κ3) is 2.86. The minimum Gasteiger partial charge on any atom is -0.506 e. The monoisotopic (exact) mass is 333 g/mol. The van der Waals surface area contributed by atoms with Crippen molar-refractivity contribution in [1.82, 2.24) is 15.2 Å². The van der Waals surface area contributed by atoms with Gasteiger partial charge in [-0.25, -0.2) is 13.2 Å². The van der Waals surface area contributed by atoms with E-state index in [4.69, 9.17) is 4.74 Å². The molecular weight excluding hydrogens is 322 g/mol. The second-order valence-electron chi connectivity index (χ2n) is 4.81. The average molecular weight is 333 g/mol. The number of benzene rings is 1. The van der Waals surface area contributed by atoms with Crippen molar-refractivity contribution in [3.63, 3.8) is 0 Å². The molecule has 0 aliphatic rings. The fourth-order valence-electron chi connectivity index (χ4n) is 2.06. The number of phenolic OH excluding ortho intramolecular Hbond substituents is 1. The smallest absolute Gasteiger partial charge is 0.345 e. The van der Waals surface area contributed by atoms with Crippen LogP contribution < -0.4 is 4.74 Å². The zero-order chi connectivity index (χ0) is 16.6. The van der Waals surface area contributed by atoms with Crippen molar-refractivity contribution < 1.29 is 23.1 Å². The first-order valence-corrected chi connectivity index (χ1v) is 8.28. The number of nitrogens with one attached hydrogen (secondary N) is 1. The van der Waals surface area contributed by atoms with Crippen LogP contribution in [-0.2, 0) is 9.84 Å². The van der Waals surface area contributed by atoms with E-state index in [0.29, 0.717) is 10.9 Å². The molecule has 0 aliphatic carbocycles. The Hall–Kier alpha value is -2.94. The number of nitrogens with zero attached hydrogens (tertiary/aromatic N) is 2. The number of fused-ring (bicyclic) bond motifs is 1. The van der Waals surface area contributed by atoms with E-state index in [-0.39, 0.29) is 16.2 Å². The number of carbonyl (C=O) groups excluding carboxylic acids is 1. The fourth-order valence-corrected chi connectivity index (χ4v) is 2.82. The molecule has 0 radical (unpaired) electrons. The maximum Gasteiger partial charge on any atom is 0.345 e. The van der Waals surface area contributed by atoms with Gasteiger partial charge in [-0.3, -0.25) is 10.1 Å². The van der Waals surface area contributed by atoms with Crippen molar-refractivity contribution in [2.75, 3.05) is 6.26 Å². The van der Waals surface area contributed by atoms with E-state index >= 15 is 0 Å². The van der Waals surface area contributed by atoms with Gasteiger partial charge in [0.25, 0.3) is 0 Å². The summed E-state index contributed by atoms with van der Waals surface area (Å²) in [5.41, 5.74) is 0.776. The summed E-state index contributed by atoms with van der Waals surface area (Å²) in [7, 11) is -3.57. The number of aromatic hydroxyl groups is 1. The molecule has 2 heterocycles. The van der Waals surface area contributed by atoms with Crippen LogP contribution in [-0.4, -0.2) is 40.9 Å². The summed E-state index contributed by atoms with van der Waals surface area (Å²) in [6.07, 6.45) is 5.30. The molecule has 9 heteroatoms. The number of esters is 1. The first kappa shape index (κ1) is 15.0. The molecule has 2 aromatic heterocycles. The number of pyridine rings is 1. The molecule has 1 aromatic carbocycles. The molecule has 3 rings (SSSR count). The van der Waals surface area contributed by atoms with E-state index in [1.54, 1.807) is 0 Å². The maximum atomic E-state index is 12.2. The molecule has 0 saturated carbocycles. The molecule has 3 aromatic rings. The number of rotatable bonds is 3. The first-order chi connectivity index (χ1) is 10.9. The van der Waals surface area contributed by atoms with E-state index < -0.39 is 21.6 Å². The Labute approximate surface area is 130 Å². The van der Waals surface area contributed by atoms with Crippen LogP contribution >= 0.6 is 0 Å². The van der Waals surface area contributed by atoms with Crippen molar-refractivity contribution >= 4 is 26.7 Å². The summed E-state index contributed by atoms with van der Waals surface area (Å²) < 4.78 is 28.0. The van der Waals surface area contributed by atoms with Gasteiger partial charge >= 0.3 is 5.97 Å². The highest BCUT2D eigenvalue weighted by atomic mass is 32.2. The van der Waals surface area contributed by atoms with Crippen LogP contribution in [0.4, 0.5) is 0 Å². The minimum absolute atomic E-state index is 0.0143. The Balaban J connectivity index is 1.92. The molecule has 0 spiro atoms. The van der Waals surface area contributed by atoms with Crippen molar-refractivity contribution in [2.45, 2.75) is 4.90 Å². The number of sulfone groups is 1. The highest BCUT2D eigenvalue weighted by Gasteiger charge is 2.17. The third-order valence-electron chi connectivity index (χ3n) is 3.13. The summed E-state index contributed by atoms with van der Waals surface area (Å²) in [4.78, 5) is 15.9. The molecule has 0 fully saturated rings. The number of aromatic amines is 1. The maximum absolute atomic E-state index is 12.2. The molecule has 0 aliphatic heterocycles. The number of hydrogen-bond acceptors (Lipinski definition) is 7. The third-order valence-corrected chi connectivity index (χ3v) is 4.27. The normalized spacial score (nSPS) is 11.5. The minimum atomic E-state index is -3.57. The van der Waals surface area contributed by atoms with Crippen LogP contribution in [0.3, 0.4) is 0 Å². The zero-order valence-electron chi connectivity index (χ0n) is 11.8. The van der Waals surface area contributed by atoms with Gasteiger partial charge in [0.2, 0.25) is 0 Å². The van der Waals surface area contributed by atoms with Crippen LogP contribution in [0, 0.1) is 0 Å². The van der Waals surface area contributed by atoms with Gasteiger partial charge in [0, 0.05) is 23.9 Å². The van der Waals surface area contributed by atoms with Gasteiger partial charge < -0.3 is 9.84 Å². The number of ether oxygens (including phenoxy) is 1. The van der Waals surface area contributed by atoms with E-state index in [1.165, 1.54) is 30.7 Å². The van der Waals surface area contributed by atoms with Gasteiger partial charge in [0.05, 0.1) is 23.5 Å². The second-order valence-corrected chi connectivity index (χ2v) is 6.79. The van der Waals surface area contributed by atoms with Crippen LogP contribution in [0.25, 0.3) is 10.9 Å². The highest BCUT2D eigenvalue weighted by Crippen LogP contribution is 2.28. The quantitative estimate of drug-likeness (QED) is 0.547.